The third-order valence-corrected chi connectivity index (χ3v) is 4.07. The zero-order valence-corrected chi connectivity index (χ0v) is 11.0. The number of nitrogens with one attached hydrogen (secondary N) is 1. The van der Waals surface area contributed by atoms with E-state index < -0.39 is 0 Å². The van der Waals surface area contributed by atoms with Gasteiger partial charge in [0.2, 0.25) is 5.91 Å². The normalized spacial score (nSPS) is 23.2. The molecule has 1 saturated heterocycles. The van der Waals surface area contributed by atoms with E-state index in [0.717, 1.165) is 32.7 Å². The number of likely N-dealkylation sites (N-methyl/N-ethyl adjacent to an activating group) is 1. The smallest absolute Gasteiger partial charge is 0.236 e. The molecule has 0 aromatic rings. The number of hydrogen-bond donors (Lipinski definition) is 1. The van der Waals surface area contributed by atoms with Crippen molar-refractivity contribution in [2.45, 2.75) is 38.6 Å². The Labute approximate surface area is 104 Å². The minimum atomic E-state index is 0.285. The Balaban J connectivity index is 1.66. The first-order valence-electron chi connectivity index (χ1n) is 7.03. The van der Waals surface area contributed by atoms with Crippen LogP contribution in [-0.2, 0) is 4.79 Å². The van der Waals surface area contributed by atoms with Crippen molar-refractivity contribution in [2.75, 3.05) is 39.3 Å². The lowest BCUT2D eigenvalue weighted by molar-refractivity contribution is -0.132. The molecule has 0 aromatic heterocycles. The quantitative estimate of drug-likeness (QED) is 0.784. The lowest BCUT2D eigenvalue weighted by atomic mass is 10.2. The maximum absolute atomic E-state index is 12.0. The van der Waals surface area contributed by atoms with Gasteiger partial charge in [0.1, 0.15) is 0 Å². The lowest BCUT2D eigenvalue weighted by Crippen LogP contribution is -2.51. The first kappa shape index (κ1) is 12.8. The summed E-state index contributed by atoms with van der Waals surface area (Å²) in [6.07, 6.45) is 5.13. The highest BCUT2D eigenvalue weighted by atomic mass is 16.2. The van der Waals surface area contributed by atoms with Crippen LogP contribution in [-0.4, -0.2) is 61.0 Å². The Morgan fingerprint density at radius 3 is 2.41 bits per heavy atom. The van der Waals surface area contributed by atoms with Crippen molar-refractivity contribution in [1.29, 1.82) is 0 Å². The molecule has 1 aliphatic carbocycles. The first-order valence-corrected chi connectivity index (χ1v) is 7.03. The second-order valence-corrected chi connectivity index (χ2v) is 5.18. The summed E-state index contributed by atoms with van der Waals surface area (Å²) >= 11 is 0. The van der Waals surface area contributed by atoms with Crippen molar-refractivity contribution >= 4 is 5.91 Å². The summed E-state index contributed by atoms with van der Waals surface area (Å²) < 4.78 is 0. The summed E-state index contributed by atoms with van der Waals surface area (Å²) in [7, 11) is 0. The van der Waals surface area contributed by atoms with E-state index in [2.05, 4.69) is 17.1 Å². The van der Waals surface area contributed by atoms with Gasteiger partial charge in [-0.2, -0.15) is 0 Å². The van der Waals surface area contributed by atoms with Gasteiger partial charge in [0, 0.05) is 32.2 Å². The molecule has 0 aromatic carbocycles. The van der Waals surface area contributed by atoms with Crippen molar-refractivity contribution in [3.05, 3.63) is 0 Å². The van der Waals surface area contributed by atoms with Crippen molar-refractivity contribution in [3.8, 4) is 0 Å². The van der Waals surface area contributed by atoms with Crippen molar-refractivity contribution in [2.24, 2.45) is 0 Å². The Morgan fingerprint density at radius 2 is 1.82 bits per heavy atom. The molecule has 1 amide bonds. The fourth-order valence-corrected chi connectivity index (χ4v) is 2.79. The standard InChI is InChI=1S/C13H25N3O/c1-2-15-7-9-16(10-8-15)13(17)11-14-12-5-3-4-6-12/h12,14H,2-11H2,1H3. The van der Waals surface area contributed by atoms with Crippen LogP contribution in [0, 0.1) is 0 Å². The van der Waals surface area contributed by atoms with Crippen LogP contribution in [0.1, 0.15) is 32.6 Å². The van der Waals surface area contributed by atoms with Crippen LogP contribution in [0.2, 0.25) is 0 Å². The molecule has 17 heavy (non-hydrogen) atoms. The molecule has 4 heteroatoms. The topological polar surface area (TPSA) is 35.6 Å². The molecule has 98 valence electrons. The summed E-state index contributed by atoms with van der Waals surface area (Å²) in [5, 5.41) is 3.40. The Bertz CT molecular complexity index is 243. The van der Waals surface area contributed by atoms with E-state index in [0.29, 0.717) is 12.6 Å². The van der Waals surface area contributed by atoms with E-state index in [-0.39, 0.29) is 5.91 Å². The second kappa shape index (κ2) is 6.36. The summed E-state index contributed by atoms with van der Waals surface area (Å²) in [4.78, 5) is 16.4. The molecule has 0 atom stereocenters. The number of hydrogen-bond acceptors (Lipinski definition) is 3. The van der Waals surface area contributed by atoms with Crippen molar-refractivity contribution in [1.82, 2.24) is 15.1 Å². The lowest BCUT2D eigenvalue weighted by Gasteiger charge is -2.34. The Hall–Kier alpha value is -0.610. The number of piperazine rings is 1. The molecular formula is C13H25N3O. The summed E-state index contributed by atoms with van der Waals surface area (Å²) in [5.74, 6) is 0.285. The van der Waals surface area contributed by atoms with Gasteiger partial charge in [0.15, 0.2) is 0 Å². The Kier molecular flexibility index (Phi) is 4.80. The van der Waals surface area contributed by atoms with E-state index >= 15 is 0 Å². The maximum Gasteiger partial charge on any atom is 0.236 e. The van der Waals surface area contributed by atoms with Gasteiger partial charge >= 0.3 is 0 Å². The van der Waals surface area contributed by atoms with Gasteiger partial charge < -0.3 is 15.1 Å². The van der Waals surface area contributed by atoms with Crippen LogP contribution in [0.4, 0.5) is 0 Å². The van der Waals surface area contributed by atoms with Crippen LogP contribution in [0.15, 0.2) is 0 Å². The molecule has 1 N–H and O–H groups in total. The van der Waals surface area contributed by atoms with Gasteiger partial charge in [-0.3, -0.25) is 4.79 Å². The van der Waals surface area contributed by atoms with Gasteiger partial charge in [-0.05, 0) is 19.4 Å². The fourth-order valence-electron chi connectivity index (χ4n) is 2.79. The molecule has 1 saturated carbocycles. The van der Waals surface area contributed by atoms with Crippen LogP contribution < -0.4 is 5.32 Å². The van der Waals surface area contributed by atoms with Gasteiger partial charge in [-0.25, -0.2) is 0 Å². The molecule has 1 aliphatic heterocycles. The van der Waals surface area contributed by atoms with E-state index in [1.807, 2.05) is 4.90 Å². The highest BCUT2D eigenvalue weighted by Crippen LogP contribution is 2.17. The summed E-state index contributed by atoms with van der Waals surface area (Å²) in [5.41, 5.74) is 0. The van der Waals surface area contributed by atoms with Gasteiger partial charge in [0.25, 0.3) is 0 Å². The SMILES string of the molecule is CCN1CCN(C(=O)CNC2CCCC2)CC1. The zero-order valence-electron chi connectivity index (χ0n) is 11.0. The van der Waals surface area contributed by atoms with Gasteiger partial charge in [-0.1, -0.05) is 19.8 Å². The monoisotopic (exact) mass is 239 g/mol. The molecule has 0 unspecified atom stereocenters. The molecule has 0 spiro atoms. The van der Waals surface area contributed by atoms with Crippen molar-refractivity contribution in [3.63, 3.8) is 0 Å². The highest BCUT2D eigenvalue weighted by Gasteiger charge is 2.21. The highest BCUT2D eigenvalue weighted by molar-refractivity contribution is 5.78. The molecule has 2 aliphatic rings. The third kappa shape index (κ3) is 3.68. The molecule has 1 heterocycles. The second-order valence-electron chi connectivity index (χ2n) is 5.18. The fraction of sp³-hybridized carbons (Fsp3) is 0.923. The minimum Gasteiger partial charge on any atom is -0.339 e. The zero-order chi connectivity index (χ0) is 12.1. The molecule has 2 rings (SSSR count). The third-order valence-electron chi connectivity index (χ3n) is 4.07. The van der Waals surface area contributed by atoms with Crippen LogP contribution in [0.5, 0.6) is 0 Å². The van der Waals surface area contributed by atoms with Gasteiger partial charge in [0.05, 0.1) is 6.54 Å². The number of nitrogens with zero attached hydrogens (tertiary/aromatic N) is 2. The van der Waals surface area contributed by atoms with Gasteiger partial charge in [-0.15, -0.1) is 0 Å². The van der Waals surface area contributed by atoms with Crippen molar-refractivity contribution < 1.29 is 4.79 Å². The van der Waals surface area contributed by atoms with E-state index in [9.17, 15) is 4.79 Å². The molecule has 2 fully saturated rings. The predicted molar refractivity (Wildman–Crippen MR) is 69.0 cm³/mol. The van der Waals surface area contributed by atoms with Crippen LogP contribution >= 0.6 is 0 Å². The summed E-state index contributed by atoms with van der Waals surface area (Å²) in [6, 6.07) is 0.593. The number of amides is 1. The minimum absolute atomic E-state index is 0.285. The Morgan fingerprint density at radius 1 is 1.18 bits per heavy atom. The van der Waals surface area contributed by atoms with E-state index in [1.54, 1.807) is 0 Å². The van der Waals surface area contributed by atoms with Crippen LogP contribution in [0.3, 0.4) is 0 Å². The molecule has 0 radical (unpaired) electrons. The predicted octanol–water partition coefficient (Wildman–Crippen LogP) is 0.683. The van der Waals surface area contributed by atoms with E-state index in [4.69, 9.17) is 0 Å². The van der Waals surface area contributed by atoms with E-state index in [1.165, 1.54) is 25.7 Å². The maximum atomic E-state index is 12.0. The average molecular weight is 239 g/mol. The molecular weight excluding hydrogens is 214 g/mol. The average Bonchev–Trinajstić information content (AvgIpc) is 2.89. The molecule has 4 nitrogen and oxygen atoms in total. The summed E-state index contributed by atoms with van der Waals surface area (Å²) in [6.45, 7) is 7.69. The number of rotatable bonds is 4. The largest absolute Gasteiger partial charge is 0.339 e. The number of carbonyl (C=O) groups excluding carboxylic acids is 1. The first-order chi connectivity index (χ1) is 8.29. The van der Waals surface area contributed by atoms with Crippen LogP contribution in [0.25, 0.3) is 0 Å². The number of carbonyl (C=O) groups is 1. The molecule has 0 bridgehead atoms.